The number of fused-ring (bicyclic) bond motifs is 4. The second-order valence-electron chi connectivity index (χ2n) is 10.0. The number of nitrogens with zero attached hydrogens (tertiary/aromatic N) is 2. The molecular formula is C27H30N4O2. The van der Waals surface area contributed by atoms with E-state index < -0.39 is 0 Å². The molecule has 1 amide bonds. The average molecular weight is 443 g/mol. The molecule has 170 valence electrons. The van der Waals surface area contributed by atoms with Crippen molar-refractivity contribution >= 4 is 11.6 Å². The first-order valence-electron chi connectivity index (χ1n) is 12.3. The van der Waals surface area contributed by atoms with Gasteiger partial charge in [-0.2, -0.15) is 5.26 Å². The maximum Gasteiger partial charge on any atom is 0.252 e. The van der Waals surface area contributed by atoms with Crippen LogP contribution < -0.4 is 15.4 Å². The van der Waals surface area contributed by atoms with E-state index in [-0.39, 0.29) is 5.91 Å². The summed E-state index contributed by atoms with van der Waals surface area (Å²) in [4.78, 5) is 15.1. The Hall–Kier alpha value is -3.04. The zero-order valence-corrected chi connectivity index (χ0v) is 18.9. The number of benzene rings is 2. The fraction of sp³-hybridized carbons (Fsp3) is 0.481. The van der Waals surface area contributed by atoms with Crippen LogP contribution in [0.3, 0.4) is 0 Å². The zero-order valence-electron chi connectivity index (χ0n) is 18.9. The van der Waals surface area contributed by atoms with Crippen LogP contribution in [-0.4, -0.2) is 43.1 Å². The van der Waals surface area contributed by atoms with E-state index in [0.29, 0.717) is 25.1 Å². The van der Waals surface area contributed by atoms with Crippen LogP contribution in [0.25, 0.3) is 0 Å². The van der Waals surface area contributed by atoms with Crippen molar-refractivity contribution in [3.8, 4) is 11.8 Å². The van der Waals surface area contributed by atoms with Crippen molar-refractivity contribution in [3.63, 3.8) is 0 Å². The summed E-state index contributed by atoms with van der Waals surface area (Å²) in [6.45, 7) is 4.45. The average Bonchev–Trinajstić information content (AvgIpc) is 3.46. The molecular weight excluding hydrogens is 412 g/mol. The van der Waals surface area contributed by atoms with Gasteiger partial charge in [0.25, 0.3) is 5.91 Å². The van der Waals surface area contributed by atoms with Gasteiger partial charge in [0.05, 0.1) is 17.2 Å². The third-order valence-electron chi connectivity index (χ3n) is 7.76. The topological polar surface area (TPSA) is 77.4 Å². The highest BCUT2D eigenvalue weighted by atomic mass is 16.5. The van der Waals surface area contributed by atoms with Gasteiger partial charge in [-0.1, -0.05) is 6.07 Å². The van der Waals surface area contributed by atoms with E-state index >= 15 is 0 Å². The molecule has 0 spiro atoms. The van der Waals surface area contributed by atoms with Crippen LogP contribution in [0.1, 0.15) is 64.2 Å². The van der Waals surface area contributed by atoms with E-state index in [2.05, 4.69) is 27.7 Å². The number of nitriles is 1. The number of carbonyl (C=O) groups is 1. The van der Waals surface area contributed by atoms with Crippen LogP contribution in [0.2, 0.25) is 0 Å². The smallest absolute Gasteiger partial charge is 0.252 e. The van der Waals surface area contributed by atoms with E-state index in [1.807, 2.05) is 24.3 Å². The van der Waals surface area contributed by atoms with Gasteiger partial charge in [-0.05, 0) is 80.0 Å². The minimum atomic E-state index is 0.0454. The number of rotatable bonds is 7. The lowest BCUT2D eigenvalue weighted by Gasteiger charge is -2.36. The largest absolute Gasteiger partial charge is 0.492 e. The van der Waals surface area contributed by atoms with Crippen molar-refractivity contribution in [1.29, 1.82) is 5.26 Å². The van der Waals surface area contributed by atoms with Crippen molar-refractivity contribution < 1.29 is 9.53 Å². The molecule has 0 radical (unpaired) electrons. The van der Waals surface area contributed by atoms with Crippen LogP contribution in [-0.2, 0) is 13.0 Å². The third-order valence-corrected chi connectivity index (χ3v) is 7.76. The first-order chi connectivity index (χ1) is 16.2. The number of anilines is 1. The molecule has 1 saturated carbocycles. The maximum atomic E-state index is 12.5. The molecule has 0 saturated heterocycles. The minimum absolute atomic E-state index is 0.0454. The highest BCUT2D eigenvalue weighted by Crippen LogP contribution is 2.37. The van der Waals surface area contributed by atoms with Crippen LogP contribution in [0.15, 0.2) is 30.3 Å². The third kappa shape index (κ3) is 3.95. The predicted octanol–water partition coefficient (Wildman–Crippen LogP) is 3.81. The molecule has 1 fully saturated rings. The van der Waals surface area contributed by atoms with Gasteiger partial charge < -0.3 is 15.4 Å². The van der Waals surface area contributed by atoms with Crippen molar-refractivity contribution in [3.05, 3.63) is 58.1 Å². The van der Waals surface area contributed by atoms with Gasteiger partial charge in [0.15, 0.2) is 0 Å². The molecule has 2 aromatic rings. The molecule has 33 heavy (non-hydrogen) atoms. The molecule has 4 aliphatic rings. The summed E-state index contributed by atoms with van der Waals surface area (Å²) in [5.41, 5.74) is 6.26. The van der Waals surface area contributed by atoms with Gasteiger partial charge in [0.2, 0.25) is 0 Å². The monoisotopic (exact) mass is 442 g/mol. The molecule has 0 aromatic heterocycles. The van der Waals surface area contributed by atoms with Crippen LogP contribution in [0.5, 0.6) is 5.75 Å². The standard InChI is InChI=1S/C27H30N4O2/c28-12-18-5-7-24-22(10-18)19(13-29-24)2-1-9-31(15-17-3-4-17)21-11-23-25(33-16-21)8-6-20-14-30-27(32)26(20)23/h5-8,10,17,19,21,29H,1-4,9,11,13-16H2,(H,30,32)/t19?,21-/m1/s1. The van der Waals surface area contributed by atoms with Gasteiger partial charge >= 0.3 is 0 Å². The quantitative estimate of drug-likeness (QED) is 0.682. The van der Waals surface area contributed by atoms with E-state index in [1.165, 1.54) is 24.1 Å². The van der Waals surface area contributed by atoms with Gasteiger partial charge in [-0.3, -0.25) is 9.69 Å². The highest BCUT2D eigenvalue weighted by molar-refractivity contribution is 6.00. The molecule has 6 rings (SSSR count). The Labute approximate surface area is 194 Å². The summed E-state index contributed by atoms with van der Waals surface area (Å²) in [7, 11) is 0. The number of ether oxygens (including phenoxy) is 1. The number of carbonyl (C=O) groups excluding carboxylic acids is 1. The van der Waals surface area contributed by atoms with Gasteiger partial charge in [0, 0.05) is 42.8 Å². The number of hydrogen-bond acceptors (Lipinski definition) is 5. The molecule has 6 heteroatoms. The van der Waals surface area contributed by atoms with Gasteiger partial charge in [-0.15, -0.1) is 0 Å². The van der Waals surface area contributed by atoms with Crippen LogP contribution >= 0.6 is 0 Å². The van der Waals surface area contributed by atoms with Crippen molar-refractivity contribution in [2.24, 2.45) is 5.92 Å². The highest BCUT2D eigenvalue weighted by Gasteiger charge is 2.34. The fourth-order valence-electron chi connectivity index (χ4n) is 5.75. The Morgan fingerprint density at radius 2 is 2.09 bits per heavy atom. The fourth-order valence-corrected chi connectivity index (χ4v) is 5.75. The second-order valence-corrected chi connectivity index (χ2v) is 10.0. The number of nitrogens with one attached hydrogen (secondary N) is 2. The lowest BCUT2D eigenvalue weighted by Crippen LogP contribution is -2.45. The molecule has 6 nitrogen and oxygen atoms in total. The maximum absolute atomic E-state index is 12.5. The van der Waals surface area contributed by atoms with E-state index in [1.54, 1.807) is 0 Å². The molecule has 2 aromatic carbocycles. The first kappa shape index (κ1) is 20.6. The van der Waals surface area contributed by atoms with Gasteiger partial charge in [0.1, 0.15) is 12.4 Å². The van der Waals surface area contributed by atoms with Crippen molar-refractivity contribution in [1.82, 2.24) is 10.2 Å². The lowest BCUT2D eigenvalue weighted by atomic mass is 9.92. The second kappa shape index (κ2) is 8.39. The molecule has 3 heterocycles. The Kier molecular flexibility index (Phi) is 5.22. The Morgan fingerprint density at radius 1 is 1.18 bits per heavy atom. The SMILES string of the molecule is N#Cc1ccc2c(c1)C(CCCN(CC1CC1)[C@H]1COc3ccc4c(c3C1)C(=O)NC4)CN2. The summed E-state index contributed by atoms with van der Waals surface area (Å²) >= 11 is 0. The summed E-state index contributed by atoms with van der Waals surface area (Å²) in [6, 6.07) is 12.6. The van der Waals surface area contributed by atoms with Crippen LogP contribution in [0, 0.1) is 17.2 Å². The zero-order chi connectivity index (χ0) is 22.4. The number of hydrogen-bond donors (Lipinski definition) is 2. The molecule has 2 atom stereocenters. The Morgan fingerprint density at radius 3 is 2.94 bits per heavy atom. The summed E-state index contributed by atoms with van der Waals surface area (Å²) in [6.07, 6.45) is 5.77. The molecule has 1 unspecified atom stereocenters. The van der Waals surface area contributed by atoms with E-state index in [9.17, 15) is 10.1 Å². The van der Waals surface area contributed by atoms with Crippen molar-refractivity contribution in [2.45, 2.75) is 50.6 Å². The Balaban J connectivity index is 1.14. The predicted molar refractivity (Wildman–Crippen MR) is 127 cm³/mol. The van der Waals surface area contributed by atoms with Gasteiger partial charge in [-0.25, -0.2) is 0 Å². The normalized spacial score (nSPS) is 22.6. The molecule has 3 aliphatic heterocycles. The summed E-state index contributed by atoms with van der Waals surface area (Å²) in [5, 5.41) is 15.7. The number of amides is 1. The molecule has 1 aliphatic carbocycles. The Bertz CT molecular complexity index is 1130. The summed E-state index contributed by atoms with van der Waals surface area (Å²) in [5.74, 6) is 2.20. The minimum Gasteiger partial charge on any atom is -0.492 e. The molecule has 0 bridgehead atoms. The van der Waals surface area contributed by atoms with Crippen molar-refractivity contribution in [2.75, 3.05) is 31.6 Å². The first-order valence-corrected chi connectivity index (χ1v) is 12.3. The van der Waals surface area contributed by atoms with E-state index in [0.717, 1.165) is 72.8 Å². The lowest BCUT2D eigenvalue weighted by molar-refractivity contribution is 0.0953. The summed E-state index contributed by atoms with van der Waals surface area (Å²) < 4.78 is 6.18. The van der Waals surface area contributed by atoms with E-state index in [4.69, 9.17) is 4.74 Å². The van der Waals surface area contributed by atoms with Crippen LogP contribution in [0.4, 0.5) is 5.69 Å². The molecule has 2 N–H and O–H groups in total.